The van der Waals surface area contributed by atoms with Crippen molar-refractivity contribution in [1.29, 1.82) is 0 Å². The minimum absolute atomic E-state index is 0.167. The average Bonchev–Trinajstić information content (AvgIpc) is 3.38. The molecule has 3 heterocycles. The molecule has 3 aromatic carbocycles. The van der Waals surface area contributed by atoms with Gasteiger partial charge >= 0.3 is 0 Å². The molecule has 0 N–H and O–H groups in total. The number of para-hydroxylation sites is 1. The van der Waals surface area contributed by atoms with Crippen molar-refractivity contribution in [3.05, 3.63) is 114 Å². The maximum absolute atomic E-state index is 12.9. The van der Waals surface area contributed by atoms with Crippen molar-refractivity contribution in [2.45, 2.75) is 12.8 Å². The Bertz CT molecular complexity index is 1490. The van der Waals surface area contributed by atoms with E-state index in [2.05, 4.69) is 22.1 Å². The van der Waals surface area contributed by atoms with Gasteiger partial charge in [0.2, 0.25) is 5.91 Å². The number of carbonyl (C=O) groups is 1. The number of benzene rings is 3. The van der Waals surface area contributed by atoms with Gasteiger partial charge in [-0.3, -0.25) is 4.79 Å². The molecule has 0 atom stereocenters. The van der Waals surface area contributed by atoms with Gasteiger partial charge in [0.05, 0.1) is 23.7 Å². The molecule has 0 aliphatic carbocycles. The fourth-order valence-corrected chi connectivity index (χ4v) is 4.84. The van der Waals surface area contributed by atoms with Crippen LogP contribution < -0.4 is 4.90 Å². The van der Waals surface area contributed by atoms with Crippen LogP contribution in [0.1, 0.15) is 17.0 Å². The third-order valence-electron chi connectivity index (χ3n) is 6.79. The van der Waals surface area contributed by atoms with Crippen molar-refractivity contribution in [3.8, 4) is 5.69 Å². The first-order valence-corrected chi connectivity index (χ1v) is 12.7. The van der Waals surface area contributed by atoms with Gasteiger partial charge in [0.15, 0.2) is 5.65 Å². The minimum Gasteiger partial charge on any atom is -0.352 e. The van der Waals surface area contributed by atoms with E-state index in [1.54, 1.807) is 0 Å². The molecular weight excluding hydrogens is 460 g/mol. The van der Waals surface area contributed by atoms with Crippen molar-refractivity contribution >= 4 is 22.8 Å². The normalized spacial score (nSPS) is 13.7. The van der Waals surface area contributed by atoms with Crippen molar-refractivity contribution in [2.24, 2.45) is 0 Å². The molecule has 0 unspecified atom stereocenters. The summed E-state index contributed by atoms with van der Waals surface area (Å²) in [6.07, 6.45) is 2.93. The molecule has 7 heteroatoms. The summed E-state index contributed by atoms with van der Waals surface area (Å²) in [7, 11) is 0. The van der Waals surface area contributed by atoms with E-state index < -0.39 is 0 Å². The second-order valence-electron chi connectivity index (χ2n) is 9.29. The zero-order valence-corrected chi connectivity index (χ0v) is 20.6. The van der Waals surface area contributed by atoms with Crippen molar-refractivity contribution in [1.82, 2.24) is 24.6 Å². The molecule has 2 aromatic heterocycles. The second-order valence-corrected chi connectivity index (χ2v) is 9.29. The lowest BCUT2D eigenvalue weighted by molar-refractivity contribution is -0.130. The summed E-state index contributed by atoms with van der Waals surface area (Å²) in [4.78, 5) is 27.1. The summed E-state index contributed by atoms with van der Waals surface area (Å²) in [5.74, 6) is 1.81. The predicted molar refractivity (Wildman–Crippen MR) is 145 cm³/mol. The van der Waals surface area contributed by atoms with Crippen LogP contribution in [-0.4, -0.2) is 56.7 Å². The van der Waals surface area contributed by atoms with Gasteiger partial charge in [0, 0.05) is 32.6 Å². The molecule has 184 valence electrons. The SMILES string of the molecule is O=C(Cc1ccccc1)N1CCN(c2nc(Cc3ccccc3)nc3c2cnn3-c2ccccc2)CC1. The third-order valence-corrected chi connectivity index (χ3v) is 6.79. The fraction of sp³-hybridized carbons (Fsp3) is 0.200. The van der Waals surface area contributed by atoms with Crippen LogP contribution in [0.2, 0.25) is 0 Å². The Labute approximate surface area is 216 Å². The highest BCUT2D eigenvalue weighted by atomic mass is 16.2. The van der Waals surface area contributed by atoms with Crippen molar-refractivity contribution < 1.29 is 4.79 Å². The fourth-order valence-electron chi connectivity index (χ4n) is 4.84. The van der Waals surface area contributed by atoms with Crippen LogP contribution in [0.5, 0.6) is 0 Å². The maximum Gasteiger partial charge on any atom is 0.227 e. The lowest BCUT2D eigenvalue weighted by Gasteiger charge is -2.35. The topological polar surface area (TPSA) is 67.2 Å². The Balaban J connectivity index is 1.29. The molecule has 37 heavy (non-hydrogen) atoms. The molecule has 1 fully saturated rings. The highest BCUT2D eigenvalue weighted by Gasteiger charge is 2.25. The quantitative estimate of drug-likeness (QED) is 0.357. The summed E-state index contributed by atoms with van der Waals surface area (Å²) in [5, 5.41) is 5.60. The number of piperazine rings is 1. The Morgan fingerprint density at radius 2 is 1.35 bits per heavy atom. The van der Waals surface area contributed by atoms with Gasteiger partial charge in [0.1, 0.15) is 11.6 Å². The monoisotopic (exact) mass is 488 g/mol. The van der Waals surface area contributed by atoms with Gasteiger partial charge in [-0.15, -0.1) is 0 Å². The first kappa shape index (κ1) is 22.9. The standard InChI is InChI=1S/C30H28N6O/c37-28(21-24-12-6-2-7-13-24)34-16-18-35(19-17-34)29-26-22-31-36(25-14-8-3-9-15-25)30(26)33-27(32-29)20-23-10-4-1-5-11-23/h1-15,22H,16-21H2. The third kappa shape index (κ3) is 4.93. The Morgan fingerprint density at radius 1 is 0.730 bits per heavy atom. The van der Waals surface area contributed by atoms with Gasteiger partial charge < -0.3 is 9.80 Å². The van der Waals surface area contributed by atoms with Crippen LogP contribution in [0.4, 0.5) is 5.82 Å². The number of anilines is 1. The van der Waals surface area contributed by atoms with Crippen molar-refractivity contribution in [3.63, 3.8) is 0 Å². The highest BCUT2D eigenvalue weighted by molar-refractivity contribution is 5.88. The van der Waals surface area contributed by atoms with Gasteiger partial charge in [-0.25, -0.2) is 14.6 Å². The van der Waals surface area contributed by atoms with E-state index in [-0.39, 0.29) is 5.91 Å². The molecule has 0 bridgehead atoms. The first-order valence-electron chi connectivity index (χ1n) is 12.7. The van der Waals surface area contributed by atoms with Gasteiger partial charge in [-0.1, -0.05) is 78.9 Å². The average molecular weight is 489 g/mol. The molecule has 1 saturated heterocycles. The van der Waals surface area contributed by atoms with Crippen LogP contribution in [0.25, 0.3) is 16.7 Å². The lowest BCUT2D eigenvalue weighted by Crippen LogP contribution is -2.49. The number of hydrogen-bond acceptors (Lipinski definition) is 5. The van der Waals surface area contributed by atoms with E-state index in [1.807, 2.05) is 94.6 Å². The van der Waals surface area contributed by atoms with Crippen LogP contribution in [0.15, 0.2) is 97.2 Å². The van der Waals surface area contributed by atoms with Gasteiger partial charge in [-0.2, -0.15) is 5.10 Å². The van der Waals surface area contributed by atoms with Crippen LogP contribution in [0, 0.1) is 0 Å². The number of nitrogens with zero attached hydrogens (tertiary/aromatic N) is 6. The molecule has 1 aliphatic rings. The number of fused-ring (bicyclic) bond motifs is 1. The largest absolute Gasteiger partial charge is 0.352 e. The van der Waals surface area contributed by atoms with E-state index in [4.69, 9.17) is 9.97 Å². The second kappa shape index (κ2) is 10.2. The smallest absolute Gasteiger partial charge is 0.227 e. The number of amides is 1. The van der Waals surface area contributed by atoms with E-state index >= 15 is 0 Å². The molecule has 5 aromatic rings. The highest BCUT2D eigenvalue weighted by Crippen LogP contribution is 2.27. The molecule has 6 rings (SSSR count). The summed E-state index contributed by atoms with van der Waals surface area (Å²) < 4.78 is 1.88. The zero-order chi connectivity index (χ0) is 25.0. The number of aromatic nitrogens is 4. The molecule has 1 aliphatic heterocycles. The molecule has 0 spiro atoms. The Morgan fingerprint density at radius 3 is 2.03 bits per heavy atom. The molecule has 1 amide bonds. The molecule has 7 nitrogen and oxygen atoms in total. The van der Waals surface area contributed by atoms with Gasteiger partial charge in [0.25, 0.3) is 0 Å². The summed E-state index contributed by atoms with van der Waals surface area (Å²) in [6.45, 7) is 2.76. The van der Waals surface area contributed by atoms with E-state index in [9.17, 15) is 4.79 Å². The molecule has 0 radical (unpaired) electrons. The first-order chi connectivity index (χ1) is 18.2. The van der Waals surface area contributed by atoms with E-state index in [0.29, 0.717) is 39.0 Å². The molecule has 0 saturated carbocycles. The number of carbonyl (C=O) groups excluding carboxylic acids is 1. The van der Waals surface area contributed by atoms with Crippen LogP contribution in [-0.2, 0) is 17.6 Å². The van der Waals surface area contributed by atoms with Crippen LogP contribution >= 0.6 is 0 Å². The van der Waals surface area contributed by atoms with Gasteiger partial charge in [-0.05, 0) is 23.3 Å². The summed E-state index contributed by atoms with van der Waals surface area (Å²) >= 11 is 0. The minimum atomic E-state index is 0.167. The van der Waals surface area contributed by atoms with Crippen LogP contribution in [0.3, 0.4) is 0 Å². The summed E-state index contributed by atoms with van der Waals surface area (Å²) in [5.41, 5.74) is 3.97. The molecular formula is C30H28N6O. The predicted octanol–water partition coefficient (Wildman–Crippen LogP) is 4.30. The maximum atomic E-state index is 12.9. The van der Waals surface area contributed by atoms with Crippen molar-refractivity contribution in [2.75, 3.05) is 31.1 Å². The Hall–Kier alpha value is -4.52. The Kier molecular flexibility index (Phi) is 6.33. The van der Waals surface area contributed by atoms with E-state index in [0.717, 1.165) is 39.5 Å². The van der Waals surface area contributed by atoms with E-state index in [1.165, 1.54) is 0 Å². The lowest BCUT2D eigenvalue weighted by atomic mass is 10.1. The zero-order valence-electron chi connectivity index (χ0n) is 20.6. The number of hydrogen-bond donors (Lipinski definition) is 0. The number of rotatable bonds is 6. The summed E-state index contributed by atoms with van der Waals surface area (Å²) in [6, 6.07) is 30.3.